The molecule has 0 aliphatic carbocycles. The zero-order valence-corrected chi connectivity index (χ0v) is 22.3. The Morgan fingerprint density at radius 3 is 2.48 bits per heavy atom. The first-order chi connectivity index (χ1) is 14.7. The molecule has 9 heteroatoms. The topological polar surface area (TPSA) is 88.4 Å². The lowest BCUT2D eigenvalue weighted by Crippen LogP contribution is -2.16. The number of nitrogens with one attached hydrogen (secondary N) is 1. The number of nitrogens with zero attached hydrogens (tertiary/aromatic N) is 1. The predicted molar refractivity (Wildman–Crippen MR) is 140 cm³/mol. The van der Waals surface area contributed by atoms with Crippen LogP contribution in [0.2, 0.25) is 0 Å². The summed E-state index contributed by atoms with van der Waals surface area (Å²) in [6.07, 6.45) is 3.17. The molecule has 0 saturated carbocycles. The van der Waals surface area contributed by atoms with E-state index in [1.807, 2.05) is 25.1 Å². The molecule has 0 atom stereocenters. The van der Waals surface area contributed by atoms with Crippen molar-refractivity contribution >= 4 is 79.5 Å². The molecule has 0 saturated heterocycles. The lowest BCUT2D eigenvalue weighted by molar-refractivity contribution is -0.112. The van der Waals surface area contributed by atoms with E-state index < -0.39 is 11.9 Å². The average Bonchev–Trinajstić information content (AvgIpc) is 2.98. The van der Waals surface area contributed by atoms with Crippen molar-refractivity contribution in [3.8, 4) is 11.8 Å². The van der Waals surface area contributed by atoms with E-state index in [4.69, 9.17) is 9.47 Å². The zero-order valence-electron chi connectivity index (χ0n) is 17.2. The van der Waals surface area contributed by atoms with Crippen molar-refractivity contribution in [2.24, 2.45) is 0 Å². The quantitative estimate of drug-likeness (QED) is 0.126. The number of rotatable bonds is 8. The van der Waals surface area contributed by atoms with Gasteiger partial charge in [-0.15, -0.1) is 11.3 Å². The number of halogens is 2. The smallest absolute Gasteiger partial charge is 0.341 e. The number of carbonyl (C=O) groups excluding carboxylic acids is 2. The summed E-state index contributed by atoms with van der Waals surface area (Å²) in [4.78, 5) is 26.0. The van der Waals surface area contributed by atoms with Crippen LogP contribution in [-0.2, 0) is 9.53 Å². The Labute approximate surface area is 212 Å². The third-order valence-electron chi connectivity index (χ3n) is 4.13. The van der Waals surface area contributed by atoms with Gasteiger partial charge in [0.25, 0.3) is 5.91 Å². The average molecular weight is 662 g/mol. The number of carbonyl (C=O) groups is 2. The molecule has 0 radical (unpaired) electrons. The fourth-order valence-corrected chi connectivity index (χ4v) is 5.76. The number of aryl methyl sites for hydroxylation is 1. The summed E-state index contributed by atoms with van der Waals surface area (Å²) in [7, 11) is 0. The Bertz CT molecular complexity index is 1080. The molecule has 6 nitrogen and oxygen atoms in total. The summed E-state index contributed by atoms with van der Waals surface area (Å²) in [5.74, 6) is -0.363. The highest BCUT2D eigenvalue weighted by Crippen LogP contribution is 2.34. The van der Waals surface area contributed by atoms with E-state index in [0.717, 1.165) is 23.3 Å². The van der Waals surface area contributed by atoms with Gasteiger partial charge in [-0.3, -0.25) is 4.79 Å². The van der Waals surface area contributed by atoms with Gasteiger partial charge in [0.1, 0.15) is 29.0 Å². The minimum atomic E-state index is -0.591. The molecule has 2 rings (SSSR count). The first-order valence-electron chi connectivity index (χ1n) is 9.16. The maximum absolute atomic E-state index is 12.8. The second kappa shape index (κ2) is 11.6. The van der Waals surface area contributed by atoms with E-state index in [9.17, 15) is 14.9 Å². The third-order valence-corrected chi connectivity index (χ3v) is 6.86. The Morgan fingerprint density at radius 2 is 1.94 bits per heavy atom. The number of thiophene rings is 1. The summed E-state index contributed by atoms with van der Waals surface area (Å²) in [6, 6.07) is 5.60. The molecule has 0 fully saturated rings. The molecule has 31 heavy (non-hydrogen) atoms. The van der Waals surface area contributed by atoms with E-state index in [-0.39, 0.29) is 12.2 Å². The van der Waals surface area contributed by atoms with Gasteiger partial charge in [-0.2, -0.15) is 5.26 Å². The Hall–Kier alpha value is -1.91. The van der Waals surface area contributed by atoms with E-state index in [1.54, 1.807) is 19.9 Å². The summed E-state index contributed by atoms with van der Waals surface area (Å²) in [6.45, 7) is 9.64. The van der Waals surface area contributed by atoms with Crippen molar-refractivity contribution in [2.45, 2.75) is 20.8 Å². The van der Waals surface area contributed by atoms with Crippen LogP contribution in [0.25, 0.3) is 6.08 Å². The number of hydrogen-bond donors (Lipinski definition) is 1. The van der Waals surface area contributed by atoms with E-state index in [2.05, 4.69) is 57.1 Å². The second-order valence-electron chi connectivity index (χ2n) is 6.25. The molecule has 0 bridgehead atoms. The summed E-state index contributed by atoms with van der Waals surface area (Å²) in [5, 5.41) is 12.6. The molecule has 162 valence electrons. The first kappa shape index (κ1) is 25.4. The van der Waals surface area contributed by atoms with Crippen molar-refractivity contribution < 1.29 is 19.1 Å². The Kier molecular flexibility index (Phi) is 9.52. The van der Waals surface area contributed by atoms with Crippen molar-refractivity contribution in [2.75, 3.05) is 18.5 Å². The molecule has 1 N–H and O–H groups in total. The van der Waals surface area contributed by atoms with Crippen molar-refractivity contribution in [1.82, 2.24) is 0 Å². The lowest BCUT2D eigenvalue weighted by atomic mass is 10.1. The number of anilines is 1. The molecular weight excluding hydrogens is 642 g/mol. The Morgan fingerprint density at radius 1 is 1.29 bits per heavy atom. The standard InChI is InChI=1S/C22H20I2N2O4S/c1-5-7-30-19-16(23)9-14(10-17(19)24)8-15(11-25)20(27)26-21-18(22(28)29-6-2)12(3)13(4)31-21/h5,8-10H,1,6-7H2,2-4H3,(H,26,27). The van der Waals surface area contributed by atoms with Gasteiger partial charge in [0.15, 0.2) is 0 Å². The molecule has 1 aromatic heterocycles. The van der Waals surface area contributed by atoms with Gasteiger partial charge in [-0.25, -0.2) is 4.79 Å². The van der Waals surface area contributed by atoms with Gasteiger partial charge in [0.05, 0.1) is 19.3 Å². The van der Waals surface area contributed by atoms with Crippen LogP contribution in [0.4, 0.5) is 5.00 Å². The van der Waals surface area contributed by atoms with E-state index in [1.165, 1.54) is 17.4 Å². The molecule has 1 aromatic carbocycles. The van der Waals surface area contributed by atoms with Gasteiger partial charge in [0, 0.05) is 4.88 Å². The van der Waals surface area contributed by atoms with Gasteiger partial charge in [0.2, 0.25) is 0 Å². The molecule has 1 heterocycles. The van der Waals surface area contributed by atoms with Crippen molar-refractivity contribution in [3.05, 3.63) is 59.1 Å². The highest BCUT2D eigenvalue weighted by molar-refractivity contribution is 14.1. The maximum atomic E-state index is 12.8. The molecule has 0 aliphatic heterocycles. The van der Waals surface area contributed by atoms with Gasteiger partial charge >= 0.3 is 5.97 Å². The van der Waals surface area contributed by atoms with Gasteiger partial charge in [-0.05, 0) is 95.3 Å². The number of esters is 1. The molecular formula is C22H20I2N2O4S. The van der Waals surface area contributed by atoms with Crippen LogP contribution in [0.15, 0.2) is 30.4 Å². The number of nitriles is 1. The van der Waals surface area contributed by atoms with Crippen LogP contribution in [-0.4, -0.2) is 25.1 Å². The van der Waals surface area contributed by atoms with Crippen LogP contribution >= 0.6 is 56.5 Å². The largest absolute Gasteiger partial charge is 0.487 e. The molecule has 0 aliphatic rings. The highest BCUT2D eigenvalue weighted by Gasteiger charge is 2.23. The second-order valence-corrected chi connectivity index (χ2v) is 9.79. The minimum Gasteiger partial charge on any atom is -0.487 e. The van der Waals surface area contributed by atoms with E-state index >= 15 is 0 Å². The fourth-order valence-electron chi connectivity index (χ4n) is 2.59. The Balaban J connectivity index is 2.34. The van der Waals surface area contributed by atoms with Gasteiger partial charge < -0.3 is 14.8 Å². The van der Waals surface area contributed by atoms with Crippen LogP contribution in [0.5, 0.6) is 5.75 Å². The van der Waals surface area contributed by atoms with Crippen molar-refractivity contribution in [3.63, 3.8) is 0 Å². The van der Waals surface area contributed by atoms with Crippen molar-refractivity contribution in [1.29, 1.82) is 5.26 Å². The molecule has 0 unspecified atom stereocenters. The summed E-state index contributed by atoms with van der Waals surface area (Å²) >= 11 is 5.57. The molecule has 2 aromatic rings. The van der Waals surface area contributed by atoms with Gasteiger partial charge in [-0.1, -0.05) is 12.7 Å². The fraction of sp³-hybridized carbons (Fsp3) is 0.227. The SMILES string of the molecule is C=CCOc1c(I)cc(C=C(C#N)C(=O)Nc2sc(C)c(C)c2C(=O)OCC)cc1I. The number of benzene rings is 1. The third kappa shape index (κ3) is 6.30. The van der Waals surface area contributed by atoms with Crippen LogP contribution in [0.1, 0.15) is 33.3 Å². The number of ether oxygens (including phenoxy) is 2. The number of amides is 1. The molecule has 0 spiro atoms. The lowest BCUT2D eigenvalue weighted by Gasteiger charge is -2.10. The highest BCUT2D eigenvalue weighted by atomic mass is 127. The normalized spacial score (nSPS) is 10.9. The van der Waals surface area contributed by atoms with Crippen LogP contribution < -0.4 is 10.1 Å². The molecule has 1 amide bonds. The predicted octanol–water partition coefficient (Wildman–Crippen LogP) is 5.86. The minimum absolute atomic E-state index is 0.0788. The summed E-state index contributed by atoms with van der Waals surface area (Å²) in [5.41, 5.74) is 1.68. The summed E-state index contributed by atoms with van der Waals surface area (Å²) < 4.78 is 12.5. The van der Waals surface area contributed by atoms with Crippen LogP contribution in [0, 0.1) is 32.3 Å². The zero-order chi connectivity index (χ0) is 23.1. The van der Waals surface area contributed by atoms with E-state index in [0.29, 0.717) is 22.7 Å². The van der Waals surface area contributed by atoms with Crippen LogP contribution in [0.3, 0.4) is 0 Å². The first-order valence-corrected chi connectivity index (χ1v) is 12.1. The monoisotopic (exact) mass is 662 g/mol. The number of hydrogen-bond acceptors (Lipinski definition) is 6. The maximum Gasteiger partial charge on any atom is 0.341 e.